The van der Waals surface area contributed by atoms with Crippen molar-refractivity contribution in [3.63, 3.8) is 0 Å². The molecule has 0 amide bonds. The summed E-state index contributed by atoms with van der Waals surface area (Å²) >= 11 is 0. The standard InChI is InChI=1S/C26H31F3N4O/c1-4-5-6-9-19-12-14-20(15-13-19)31-25-30-16-21(26(27,28)29)24(33-25)32-22-10-7-8-11-23(22)34-17-18(2)3/h7-8,10-16,18H,4-6,9,17H2,1-3H3,(H2,30,31,32,33). The van der Waals surface area contributed by atoms with Crippen molar-refractivity contribution in [1.29, 1.82) is 0 Å². The zero-order valence-corrected chi connectivity index (χ0v) is 19.7. The highest BCUT2D eigenvalue weighted by atomic mass is 19.4. The van der Waals surface area contributed by atoms with E-state index in [0.717, 1.165) is 25.5 Å². The van der Waals surface area contributed by atoms with E-state index in [1.54, 1.807) is 24.3 Å². The normalized spacial score (nSPS) is 11.5. The highest BCUT2D eigenvalue weighted by Crippen LogP contribution is 2.37. The molecule has 0 aliphatic heterocycles. The third kappa shape index (κ3) is 7.37. The van der Waals surface area contributed by atoms with Crippen molar-refractivity contribution in [2.24, 2.45) is 5.92 Å². The Labute approximate surface area is 198 Å². The summed E-state index contributed by atoms with van der Waals surface area (Å²) in [6.45, 7) is 6.60. The smallest absolute Gasteiger partial charge is 0.421 e. The molecule has 5 nitrogen and oxygen atoms in total. The summed E-state index contributed by atoms with van der Waals surface area (Å²) in [6.07, 6.45) is 0.638. The second-order valence-electron chi connectivity index (χ2n) is 8.56. The summed E-state index contributed by atoms with van der Waals surface area (Å²) in [7, 11) is 0. The van der Waals surface area contributed by atoms with Gasteiger partial charge in [-0.2, -0.15) is 18.2 Å². The quantitative estimate of drug-likeness (QED) is 0.279. The lowest BCUT2D eigenvalue weighted by atomic mass is 10.1. The van der Waals surface area contributed by atoms with Crippen LogP contribution in [0, 0.1) is 5.92 Å². The Bertz CT molecular complexity index is 1050. The molecule has 1 aromatic heterocycles. The van der Waals surface area contributed by atoms with Crippen molar-refractivity contribution < 1.29 is 17.9 Å². The Morgan fingerprint density at radius 1 is 0.971 bits per heavy atom. The minimum Gasteiger partial charge on any atom is -0.491 e. The van der Waals surface area contributed by atoms with Crippen molar-refractivity contribution >= 4 is 23.1 Å². The lowest BCUT2D eigenvalue weighted by Gasteiger charge is -2.17. The Morgan fingerprint density at radius 2 is 1.71 bits per heavy atom. The zero-order valence-electron chi connectivity index (χ0n) is 19.7. The lowest BCUT2D eigenvalue weighted by molar-refractivity contribution is -0.137. The van der Waals surface area contributed by atoms with Crippen molar-refractivity contribution in [3.05, 3.63) is 65.9 Å². The van der Waals surface area contributed by atoms with Crippen molar-refractivity contribution in [3.8, 4) is 5.75 Å². The van der Waals surface area contributed by atoms with Gasteiger partial charge in [-0.15, -0.1) is 0 Å². The zero-order chi connectivity index (χ0) is 24.6. The molecule has 0 saturated heterocycles. The van der Waals surface area contributed by atoms with E-state index in [2.05, 4.69) is 27.5 Å². The monoisotopic (exact) mass is 472 g/mol. The van der Waals surface area contributed by atoms with Crippen LogP contribution in [0.2, 0.25) is 0 Å². The van der Waals surface area contributed by atoms with Gasteiger partial charge in [-0.3, -0.25) is 0 Å². The van der Waals surface area contributed by atoms with Crippen LogP contribution in [0.25, 0.3) is 0 Å². The van der Waals surface area contributed by atoms with Crippen LogP contribution < -0.4 is 15.4 Å². The van der Waals surface area contributed by atoms with E-state index in [9.17, 15) is 13.2 Å². The summed E-state index contributed by atoms with van der Waals surface area (Å²) in [5.41, 5.74) is 1.36. The highest BCUT2D eigenvalue weighted by molar-refractivity contribution is 5.67. The lowest BCUT2D eigenvalue weighted by Crippen LogP contribution is -2.13. The van der Waals surface area contributed by atoms with Crippen LogP contribution in [0.3, 0.4) is 0 Å². The molecule has 0 aliphatic carbocycles. The molecule has 0 saturated carbocycles. The Morgan fingerprint density at radius 3 is 2.38 bits per heavy atom. The number of hydrogen-bond donors (Lipinski definition) is 2. The minimum absolute atomic E-state index is 0.0646. The second-order valence-corrected chi connectivity index (χ2v) is 8.56. The van der Waals surface area contributed by atoms with Gasteiger partial charge >= 0.3 is 6.18 Å². The first-order valence-corrected chi connectivity index (χ1v) is 11.5. The number of ether oxygens (including phenoxy) is 1. The molecule has 0 radical (unpaired) electrons. The number of aryl methyl sites for hydroxylation is 1. The topological polar surface area (TPSA) is 59.1 Å². The fraction of sp³-hybridized carbons (Fsp3) is 0.385. The predicted octanol–water partition coefficient (Wildman–Crippen LogP) is 7.75. The molecule has 0 unspecified atom stereocenters. The van der Waals surface area contributed by atoms with E-state index in [1.807, 2.05) is 38.1 Å². The number of aromatic nitrogens is 2. The molecule has 0 spiro atoms. The van der Waals surface area contributed by atoms with Gasteiger partial charge in [0.25, 0.3) is 0 Å². The van der Waals surface area contributed by atoms with Crippen LogP contribution >= 0.6 is 0 Å². The summed E-state index contributed by atoms with van der Waals surface area (Å²) in [5, 5.41) is 5.80. The average molecular weight is 473 g/mol. The van der Waals surface area contributed by atoms with Gasteiger partial charge in [0.1, 0.15) is 17.1 Å². The molecule has 182 valence electrons. The number of benzene rings is 2. The first-order valence-electron chi connectivity index (χ1n) is 11.5. The number of alkyl halides is 3. The molecular formula is C26H31F3N4O. The van der Waals surface area contributed by atoms with Crippen LogP contribution in [0.15, 0.2) is 54.7 Å². The van der Waals surface area contributed by atoms with Gasteiger partial charge in [-0.25, -0.2) is 4.98 Å². The molecule has 1 heterocycles. The fourth-order valence-corrected chi connectivity index (χ4v) is 3.29. The van der Waals surface area contributed by atoms with E-state index in [1.165, 1.54) is 12.0 Å². The number of anilines is 4. The van der Waals surface area contributed by atoms with Crippen molar-refractivity contribution in [2.75, 3.05) is 17.2 Å². The van der Waals surface area contributed by atoms with Crippen LogP contribution in [-0.4, -0.2) is 16.6 Å². The van der Waals surface area contributed by atoms with Gasteiger partial charge in [0.05, 0.1) is 12.3 Å². The largest absolute Gasteiger partial charge is 0.491 e. The molecule has 2 N–H and O–H groups in total. The number of nitrogens with zero attached hydrogens (tertiary/aromatic N) is 2. The van der Waals surface area contributed by atoms with Crippen LogP contribution in [-0.2, 0) is 12.6 Å². The summed E-state index contributed by atoms with van der Waals surface area (Å²) in [4.78, 5) is 8.03. The molecular weight excluding hydrogens is 441 g/mol. The molecule has 8 heteroatoms. The summed E-state index contributed by atoms with van der Waals surface area (Å²) in [5.74, 6) is 0.444. The van der Waals surface area contributed by atoms with Gasteiger partial charge in [0, 0.05) is 11.9 Å². The fourth-order valence-electron chi connectivity index (χ4n) is 3.29. The molecule has 0 aliphatic rings. The van der Waals surface area contributed by atoms with E-state index in [0.29, 0.717) is 23.7 Å². The highest BCUT2D eigenvalue weighted by Gasteiger charge is 2.35. The molecule has 3 aromatic rings. The van der Waals surface area contributed by atoms with Gasteiger partial charge in [0.2, 0.25) is 5.95 Å². The summed E-state index contributed by atoms with van der Waals surface area (Å²) < 4.78 is 46.8. The van der Waals surface area contributed by atoms with Crippen LogP contribution in [0.4, 0.5) is 36.3 Å². The maximum absolute atomic E-state index is 13.7. The third-order valence-corrected chi connectivity index (χ3v) is 5.09. The molecule has 3 rings (SSSR count). The number of rotatable bonds is 11. The first-order chi connectivity index (χ1) is 16.3. The second kappa shape index (κ2) is 11.7. The maximum Gasteiger partial charge on any atom is 0.421 e. The average Bonchev–Trinajstić information content (AvgIpc) is 2.79. The predicted molar refractivity (Wildman–Crippen MR) is 130 cm³/mol. The first kappa shape index (κ1) is 25.3. The number of halogens is 3. The number of hydrogen-bond acceptors (Lipinski definition) is 5. The van der Waals surface area contributed by atoms with Crippen LogP contribution in [0.5, 0.6) is 5.75 Å². The van der Waals surface area contributed by atoms with E-state index >= 15 is 0 Å². The Kier molecular flexibility index (Phi) is 8.73. The summed E-state index contributed by atoms with van der Waals surface area (Å²) in [6, 6.07) is 14.6. The molecule has 2 aromatic carbocycles. The number of nitrogens with one attached hydrogen (secondary N) is 2. The Hall–Kier alpha value is -3.29. The molecule has 34 heavy (non-hydrogen) atoms. The van der Waals surface area contributed by atoms with Gasteiger partial charge < -0.3 is 15.4 Å². The third-order valence-electron chi connectivity index (χ3n) is 5.09. The van der Waals surface area contributed by atoms with E-state index < -0.39 is 11.7 Å². The van der Waals surface area contributed by atoms with Crippen LogP contribution in [0.1, 0.15) is 51.2 Å². The number of para-hydroxylation sites is 2. The molecule has 0 fully saturated rings. The van der Waals surface area contributed by atoms with Crippen molar-refractivity contribution in [1.82, 2.24) is 9.97 Å². The SMILES string of the molecule is CCCCCc1ccc(Nc2ncc(C(F)(F)F)c(Nc3ccccc3OCC(C)C)n2)cc1. The van der Waals surface area contributed by atoms with Gasteiger partial charge in [-0.05, 0) is 48.6 Å². The molecule has 0 bridgehead atoms. The number of unbranched alkanes of at least 4 members (excludes halogenated alkanes) is 2. The van der Waals surface area contributed by atoms with Gasteiger partial charge in [0.15, 0.2) is 0 Å². The molecule has 0 atom stereocenters. The maximum atomic E-state index is 13.7. The minimum atomic E-state index is -4.62. The van der Waals surface area contributed by atoms with E-state index in [-0.39, 0.29) is 17.7 Å². The van der Waals surface area contributed by atoms with Crippen molar-refractivity contribution in [2.45, 2.75) is 52.6 Å². The van der Waals surface area contributed by atoms with E-state index in [4.69, 9.17) is 4.74 Å². The van der Waals surface area contributed by atoms with Gasteiger partial charge in [-0.1, -0.05) is 57.9 Å². The Balaban J connectivity index is 1.82.